The van der Waals surface area contributed by atoms with E-state index in [-0.39, 0.29) is 34.7 Å². The number of aromatic hydroxyl groups is 2. The molecule has 0 radical (unpaired) electrons. The molecule has 6 aromatic rings. The average Bonchev–Trinajstić information content (AvgIpc) is 3.16. The molecule has 0 bridgehead atoms. The van der Waals surface area contributed by atoms with Gasteiger partial charge in [-0.05, 0) is 86.3 Å². The number of fused-ring (bicyclic) bond motifs is 1. The Kier molecular flexibility index (Phi) is 14.6. The molecule has 0 aliphatic rings. The molecule has 6 rings (SSSR count). The lowest BCUT2D eigenvalue weighted by molar-refractivity contribution is 0.0948. The van der Waals surface area contributed by atoms with Crippen molar-refractivity contribution in [2.45, 2.75) is 33.6 Å². The maximum absolute atomic E-state index is 12.9. The molecule has 0 heterocycles. The molecule has 0 saturated heterocycles. The zero-order chi connectivity index (χ0) is 39.5. The third-order valence-corrected chi connectivity index (χ3v) is 9.55. The molecule has 55 heavy (non-hydrogen) atoms. The van der Waals surface area contributed by atoms with Crippen molar-refractivity contribution in [1.82, 2.24) is 5.32 Å². The lowest BCUT2D eigenvalue weighted by Crippen LogP contribution is -2.25. The fourth-order valence-corrected chi connectivity index (χ4v) is 6.86. The third kappa shape index (κ3) is 11.0. The average molecular weight is 823 g/mol. The summed E-state index contributed by atoms with van der Waals surface area (Å²) in [5.41, 5.74) is 3.55. The SMILES string of the molecule is CCc1c(Cl)cc(NCOc2cc(Cl)cc(Cl)c2)c(O)c1Cl.Cc1ccc(OCCCNC(=O)c2cc(Oc3ccccc3)c3ccccc3c2O)c(C)c1. The minimum atomic E-state index is -0.359. The number of para-hydroxylation sites is 1. The summed E-state index contributed by atoms with van der Waals surface area (Å²) in [4.78, 5) is 12.9. The molecule has 4 N–H and O–H groups in total. The summed E-state index contributed by atoms with van der Waals surface area (Å²) in [6.45, 7) is 6.96. The Labute approximate surface area is 340 Å². The van der Waals surface area contributed by atoms with Gasteiger partial charge in [0.1, 0.15) is 28.7 Å². The molecule has 6 aromatic carbocycles. The van der Waals surface area contributed by atoms with Crippen LogP contribution in [0.15, 0.2) is 103 Å². The predicted molar refractivity (Wildman–Crippen MR) is 224 cm³/mol. The number of aryl methyl sites for hydroxylation is 2. The summed E-state index contributed by atoms with van der Waals surface area (Å²) in [6, 6.07) is 30.8. The van der Waals surface area contributed by atoms with Crippen LogP contribution < -0.4 is 24.8 Å². The molecule has 0 aromatic heterocycles. The molecule has 0 aliphatic carbocycles. The van der Waals surface area contributed by atoms with Gasteiger partial charge >= 0.3 is 0 Å². The second kappa shape index (κ2) is 19.6. The molecular formula is C43H40Cl4N2O6. The number of halogens is 4. The smallest absolute Gasteiger partial charge is 0.255 e. The first kappa shape index (κ1) is 41.2. The van der Waals surface area contributed by atoms with Crippen LogP contribution in [-0.4, -0.2) is 36.0 Å². The molecular weight excluding hydrogens is 782 g/mol. The van der Waals surface area contributed by atoms with Gasteiger partial charge in [0.05, 0.1) is 22.9 Å². The van der Waals surface area contributed by atoms with Gasteiger partial charge in [0.2, 0.25) is 0 Å². The van der Waals surface area contributed by atoms with Gasteiger partial charge in [-0.25, -0.2) is 0 Å². The number of carbonyl (C=O) groups is 1. The summed E-state index contributed by atoms with van der Waals surface area (Å²) < 4.78 is 17.3. The van der Waals surface area contributed by atoms with Crippen molar-refractivity contribution in [2.75, 3.05) is 25.2 Å². The van der Waals surface area contributed by atoms with Crippen molar-refractivity contribution in [1.29, 1.82) is 0 Å². The number of phenolic OH excluding ortho intramolecular Hbond substituents is 2. The van der Waals surface area contributed by atoms with Gasteiger partial charge in [-0.1, -0.05) is 113 Å². The van der Waals surface area contributed by atoms with Crippen molar-refractivity contribution in [3.05, 3.63) is 145 Å². The summed E-state index contributed by atoms with van der Waals surface area (Å²) >= 11 is 24.0. The van der Waals surface area contributed by atoms with Crippen molar-refractivity contribution < 1.29 is 29.2 Å². The molecule has 0 spiro atoms. The van der Waals surface area contributed by atoms with E-state index in [2.05, 4.69) is 16.7 Å². The number of ether oxygens (including phenoxy) is 3. The van der Waals surface area contributed by atoms with E-state index in [1.54, 1.807) is 36.4 Å². The van der Waals surface area contributed by atoms with Gasteiger partial charge in [0.25, 0.3) is 5.91 Å². The van der Waals surface area contributed by atoms with Gasteiger partial charge in [-0.3, -0.25) is 4.79 Å². The zero-order valence-corrected chi connectivity index (χ0v) is 33.4. The number of phenols is 2. The molecule has 0 unspecified atom stereocenters. The van der Waals surface area contributed by atoms with Crippen LogP contribution in [0.1, 0.15) is 40.4 Å². The summed E-state index contributed by atoms with van der Waals surface area (Å²) in [6.07, 6.45) is 1.27. The van der Waals surface area contributed by atoms with Crippen LogP contribution in [0.25, 0.3) is 10.8 Å². The molecule has 0 atom stereocenters. The first-order valence-corrected chi connectivity index (χ1v) is 18.9. The second-order valence-electron chi connectivity index (χ2n) is 12.4. The highest BCUT2D eigenvalue weighted by Gasteiger charge is 2.18. The Morgan fingerprint density at radius 2 is 1.42 bits per heavy atom. The van der Waals surface area contributed by atoms with E-state index in [0.717, 1.165) is 16.7 Å². The van der Waals surface area contributed by atoms with E-state index in [9.17, 15) is 15.0 Å². The van der Waals surface area contributed by atoms with Crippen LogP contribution in [0.3, 0.4) is 0 Å². The fourth-order valence-electron chi connectivity index (χ4n) is 5.63. The molecule has 12 heteroatoms. The largest absolute Gasteiger partial charge is 0.506 e. The van der Waals surface area contributed by atoms with Gasteiger partial charge < -0.3 is 35.1 Å². The zero-order valence-electron chi connectivity index (χ0n) is 30.4. The van der Waals surface area contributed by atoms with Crippen LogP contribution in [-0.2, 0) is 6.42 Å². The number of anilines is 1. The number of hydrogen-bond acceptors (Lipinski definition) is 7. The van der Waals surface area contributed by atoms with Gasteiger partial charge in [-0.15, -0.1) is 0 Å². The Morgan fingerprint density at radius 1 is 0.727 bits per heavy atom. The van der Waals surface area contributed by atoms with Crippen molar-refractivity contribution >= 4 is 68.8 Å². The van der Waals surface area contributed by atoms with Gasteiger partial charge in [0.15, 0.2) is 12.5 Å². The quantitative estimate of drug-likeness (QED) is 0.0522. The standard InChI is InChI=1S/C28H27NO4.C15H13Cl4NO2/c1-19-13-14-25(20(2)17-19)32-16-8-15-29-28(31)24-18-26(33-21-9-4-3-5-10-21)22-11-6-7-12-23(22)27(24)30;1-2-11-12(18)6-13(15(21)14(11)19)20-7-22-10-4-8(16)3-9(17)5-10/h3-7,9-14,17-18,30H,8,15-16H2,1-2H3,(H,29,31);3-6,20-21H,2,7H2,1H3. The minimum Gasteiger partial charge on any atom is -0.506 e. The van der Waals surface area contributed by atoms with E-state index in [1.807, 2.05) is 81.4 Å². The molecule has 0 saturated carbocycles. The molecule has 0 aliphatic heterocycles. The molecule has 286 valence electrons. The lowest BCUT2D eigenvalue weighted by Gasteiger charge is -2.14. The number of nitrogens with one attached hydrogen (secondary N) is 2. The number of hydrogen-bond donors (Lipinski definition) is 4. The first-order valence-electron chi connectivity index (χ1n) is 17.4. The topological polar surface area (TPSA) is 109 Å². The monoisotopic (exact) mass is 820 g/mol. The minimum absolute atomic E-state index is 0.0596. The van der Waals surface area contributed by atoms with Crippen LogP contribution in [0.2, 0.25) is 20.1 Å². The summed E-state index contributed by atoms with van der Waals surface area (Å²) in [7, 11) is 0. The third-order valence-electron chi connectivity index (χ3n) is 8.37. The van der Waals surface area contributed by atoms with Crippen LogP contribution >= 0.6 is 46.4 Å². The Bertz CT molecular complexity index is 2250. The normalized spacial score (nSPS) is 10.7. The highest BCUT2D eigenvalue weighted by atomic mass is 35.5. The predicted octanol–water partition coefficient (Wildman–Crippen LogP) is 12.2. The molecule has 8 nitrogen and oxygen atoms in total. The summed E-state index contributed by atoms with van der Waals surface area (Å²) in [5, 5.41) is 29.6. The number of rotatable bonds is 13. The first-order chi connectivity index (χ1) is 26.4. The van der Waals surface area contributed by atoms with Crippen molar-refractivity contribution in [3.63, 3.8) is 0 Å². The maximum Gasteiger partial charge on any atom is 0.255 e. The van der Waals surface area contributed by atoms with E-state index in [0.29, 0.717) is 74.9 Å². The van der Waals surface area contributed by atoms with Crippen molar-refractivity contribution in [3.8, 4) is 34.5 Å². The van der Waals surface area contributed by atoms with Gasteiger partial charge in [0, 0.05) is 32.4 Å². The summed E-state index contributed by atoms with van der Waals surface area (Å²) in [5.74, 6) is 2.04. The van der Waals surface area contributed by atoms with E-state index < -0.39 is 0 Å². The van der Waals surface area contributed by atoms with E-state index >= 15 is 0 Å². The van der Waals surface area contributed by atoms with E-state index in [4.69, 9.17) is 60.6 Å². The van der Waals surface area contributed by atoms with Crippen molar-refractivity contribution in [2.24, 2.45) is 0 Å². The van der Waals surface area contributed by atoms with E-state index in [1.165, 1.54) is 5.56 Å². The lowest BCUT2D eigenvalue weighted by atomic mass is 10.0. The second-order valence-corrected chi connectivity index (χ2v) is 14.1. The van der Waals surface area contributed by atoms with Gasteiger partial charge in [-0.2, -0.15) is 0 Å². The Balaban J connectivity index is 0.000000229. The maximum atomic E-state index is 12.9. The Hall–Kier alpha value is -4.99. The van der Waals surface area contributed by atoms with Crippen LogP contribution in [0.5, 0.6) is 34.5 Å². The fraction of sp³-hybridized carbons (Fsp3) is 0.186. The molecule has 0 fully saturated rings. The molecule has 1 amide bonds. The van der Waals surface area contributed by atoms with Crippen LogP contribution in [0.4, 0.5) is 5.69 Å². The number of amides is 1. The highest BCUT2D eigenvalue weighted by molar-refractivity contribution is 6.37. The Morgan fingerprint density at radius 3 is 2.11 bits per heavy atom. The highest BCUT2D eigenvalue weighted by Crippen LogP contribution is 2.40. The van der Waals surface area contributed by atoms with Crippen LogP contribution in [0, 0.1) is 13.8 Å². The number of carbonyl (C=O) groups excluding carboxylic acids is 1. The number of benzene rings is 6.